The Morgan fingerprint density at radius 3 is 2.58 bits per heavy atom. The van der Waals surface area contributed by atoms with Crippen LogP contribution in [-0.2, 0) is 17.8 Å². The van der Waals surface area contributed by atoms with Crippen LogP contribution in [0.1, 0.15) is 25.0 Å². The number of nitrogens with one attached hydrogen (secondary N) is 1. The van der Waals surface area contributed by atoms with Gasteiger partial charge in [0, 0.05) is 18.8 Å². The lowest BCUT2D eigenvalue weighted by molar-refractivity contribution is -0.121. The summed E-state index contributed by atoms with van der Waals surface area (Å²) in [5, 5.41) is 3.00. The smallest absolute Gasteiger partial charge is 0.241 e. The molecule has 24 heavy (non-hydrogen) atoms. The van der Waals surface area contributed by atoms with Crippen molar-refractivity contribution in [3.8, 4) is 5.75 Å². The fraction of sp³-hybridized carbons (Fsp3) is 0.350. The van der Waals surface area contributed by atoms with Crippen molar-refractivity contribution in [1.29, 1.82) is 0 Å². The van der Waals surface area contributed by atoms with E-state index in [1.54, 1.807) is 0 Å². The molecular formula is C20H24N2O2. The molecule has 1 N–H and O–H groups in total. The van der Waals surface area contributed by atoms with Crippen LogP contribution in [-0.4, -0.2) is 30.0 Å². The normalized spacial score (nSPS) is 15.4. The van der Waals surface area contributed by atoms with Crippen LogP contribution in [0.2, 0.25) is 0 Å². The Labute approximate surface area is 143 Å². The van der Waals surface area contributed by atoms with Crippen LogP contribution in [0.15, 0.2) is 48.5 Å². The number of nitrogens with zero attached hydrogens (tertiary/aromatic N) is 1. The van der Waals surface area contributed by atoms with Gasteiger partial charge >= 0.3 is 0 Å². The first-order chi connectivity index (χ1) is 11.7. The second-order valence-electron chi connectivity index (χ2n) is 6.11. The number of carbonyl (C=O) groups excluding carboxylic acids is 1. The Kier molecular flexibility index (Phi) is 5.16. The van der Waals surface area contributed by atoms with Crippen molar-refractivity contribution in [2.75, 3.05) is 18.5 Å². The number of amides is 1. The van der Waals surface area contributed by atoms with Crippen molar-refractivity contribution in [3.05, 3.63) is 59.7 Å². The summed E-state index contributed by atoms with van der Waals surface area (Å²) in [4.78, 5) is 14.8. The van der Waals surface area contributed by atoms with Gasteiger partial charge in [-0.2, -0.15) is 0 Å². The van der Waals surface area contributed by atoms with Crippen LogP contribution in [0, 0.1) is 0 Å². The standard InChI is InChI=1S/C20H24N2O2/c1-3-24-19-10-8-18(9-11-19)21-20(23)15(2)22-13-12-16-6-4-5-7-17(16)14-22/h4-11,15H,3,12-14H2,1-2H3,(H,21,23)/t15-/m1/s1. The number of rotatable bonds is 5. The van der Waals surface area contributed by atoms with Crippen LogP contribution in [0.4, 0.5) is 5.69 Å². The van der Waals surface area contributed by atoms with Crippen molar-refractivity contribution < 1.29 is 9.53 Å². The average Bonchev–Trinajstić information content (AvgIpc) is 2.62. The highest BCUT2D eigenvalue weighted by Gasteiger charge is 2.25. The van der Waals surface area contributed by atoms with Crippen molar-refractivity contribution in [1.82, 2.24) is 4.90 Å². The van der Waals surface area contributed by atoms with Gasteiger partial charge in [0.05, 0.1) is 12.6 Å². The Balaban J connectivity index is 1.61. The van der Waals surface area contributed by atoms with Gasteiger partial charge in [0.2, 0.25) is 5.91 Å². The molecule has 2 aromatic carbocycles. The highest BCUT2D eigenvalue weighted by Crippen LogP contribution is 2.21. The molecule has 0 aliphatic carbocycles. The van der Waals surface area contributed by atoms with Gasteiger partial charge in [0.15, 0.2) is 0 Å². The largest absolute Gasteiger partial charge is 0.494 e. The van der Waals surface area contributed by atoms with Crippen LogP contribution in [0.25, 0.3) is 0 Å². The zero-order valence-corrected chi connectivity index (χ0v) is 14.3. The number of ether oxygens (including phenoxy) is 1. The van der Waals surface area contributed by atoms with E-state index in [4.69, 9.17) is 4.74 Å². The number of hydrogen-bond acceptors (Lipinski definition) is 3. The average molecular weight is 324 g/mol. The van der Waals surface area contributed by atoms with E-state index in [0.717, 1.165) is 30.9 Å². The van der Waals surface area contributed by atoms with Gasteiger partial charge in [0.1, 0.15) is 5.75 Å². The maximum absolute atomic E-state index is 12.6. The predicted octanol–water partition coefficient (Wildman–Crippen LogP) is 3.47. The fourth-order valence-electron chi connectivity index (χ4n) is 3.06. The van der Waals surface area contributed by atoms with Gasteiger partial charge < -0.3 is 10.1 Å². The SMILES string of the molecule is CCOc1ccc(NC(=O)[C@@H](C)N2CCc3ccccc3C2)cc1. The number of hydrogen-bond donors (Lipinski definition) is 1. The Bertz CT molecular complexity index is 697. The minimum Gasteiger partial charge on any atom is -0.494 e. The lowest BCUT2D eigenvalue weighted by Gasteiger charge is -2.32. The van der Waals surface area contributed by atoms with Gasteiger partial charge in [0.25, 0.3) is 0 Å². The Morgan fingerprint density at radius 1 is 1.17 bits per heavy atom. The quantitative estimate of drug-likeness (QED) is 0.915. The van der Waals surface area contributed by atoms with E-state index in [1.165, 1.54) is 11.1 Å². The van der Waals surface area contributed by atoms with Crippen LogP contribution in [0.3, 0.4) is 0 Å². The van der Waals surface area contributed by atoms with E-state index in [0.29, 0.717) is 6.61 Å². The highest BCUT2D eigenvalue weighted by molar-refractivity contribution is 5.94. The summed E-state index contributed by atoms with van der Waals surface area (Å²) in [7, 11) is 0. The molecule has 3 rings (SSSR count). The summed E-state index contributed by atoms with van der Waals surface area (Å²) in [6.07, 6.45) is 0.997. The lowest BCUT2D eigenvalue weighted by atomic mass is 9.99. The summed E-state index contributed by atoms with van der Waals surface area (Å²) in [6, 6.07) is 15.8. The molecule has 4 heteroatoms. The van der Waals surface area contributed by atoms with Crippen molar-refractivity contribution in [3.63, 3.8) is 0 Å². The first-order valence-corrected chi connectivity index (χ1v) is 8.52. The second kappa shape index (κ2) is 7.49. The first-order valence-electron chi connectivity index (χ1n) is 8.52. The second-order valence-corrected chi connectivity index (χ2v) is 6.11. The van der Waals surface area contributed by atoms with E-state index in [2.05, 4.69) is 34.5 Å². The molecule has 0 aromatic heterocycles. The predicted molar refractivity (Wildman–Crippen MR) is 96.3 cm³/mol. The van der Waals surface area contributed by atoms with Gasteiger partial charge in [-0.25, -0.2) is 0 Å². The van der Waals surface area contributed by atoms with Crippen LogP contribution >= 0.6 is 0 Å². The van der Waals surface area contributed by atoms with E-state index >= 15 is 0 Å². The molecule has 0 radical (unpaired) electrons. The summed E-state index contributed by atoms with van der Waals surface area (Å²) in [5.74, 6) is 0.842. The van der Waals surface area contributed by atoms with Gasteiger partial charge in [-0.15, -0.1) is 0 Å². The lowest BCUT2D eigenvalue weighted by Crippen LogP contribution is -2.44. The molecule has 1 atom stereocenters. The molecule has 0 saturated carbocycles. The Morgan fingerprint density at radius 2 is 1.88 bits per heavy atom. The number of anilines is 1. The number of fused-ring (bicyclic) bond motifs is 1. The fourth-order valence-corrected chi connectivity index (χ4v) is 3.06. The third-order valence-corrected chi connectivity index (χ3v) is 4.52. The summed E-state index contributed by atoms with van der Waals surface area (Å²) in [6.45, 7) is 6.30. The molecule has 1 heterocycles. The molecule has 2 aromatic rings. The molecule has 4 nitrogen and oxygen atoms in total. The molecule has 1 aliphatic rings. The molecule has 1 amide bonds. The van der Waals surface area contributed by atoms with E-state index in [1.807, 2.05) is 38.1 Å². The molecule has 0 bridgehead atoms. The minimum atomic E-state index is -0.162. The van der Waals surface area contributed by atoms with Gasteiger partial charge in [-0.3, -0.25) is 9.69 Å². The molecule has 1 aliphatic heterocycles. The van der Waals surface area contributed by atoms with E-state index in [-0.39, 0.29) is 11.9 Å². The third-order valence-electron chi connectivity index (χ3n) is 4.52. The van der Waals surface area contributed by atoms with E-state index < -0.39 is 0 Å². The van der Waals surface area contributed by atoms with Crippen LogP contribution < -0.4 is 10.1 Å². The first kappa shape index (κ1) is 16.5. The Hall–Kier alpha value is -2.33. The third kappa shape index (κ3) is 3.77. The van der Waals surface area contributed by atoms with Crippen LogP contribution in [0.5, 0.6) is 5.75 Å². The maximum atomic E-state index is 12.6. The molecule has 0 unspecified atom stereocenters. The minimum absolute atomic E-state index is 0.0264. The summed E-state index contributed by atoms with van der Waals surface area (Å²) < 4.78 is 5.42. The summed E-state index contributed by atoms with van der Waals surface area (Å²) >= 11 is 0. The number of benzene rings is 2. The molecule has 126 valence electrons. The van der Waals surface area contributed by atoms with Crippen molar-refractivity contribution in [2.45, 2.75) is 32.9 Å². The molecular weight excluding hydrogens is 300 g/mol. The zero-order chi connectivity index (χ0) is 16.9. The topological polar surface area (TPSA) is 41.6 Å². The van der Waals surface area contributed by atoms with Crippen molar-refractivity contribution >= 4 is 11.6 Å². The maximum Gasteiger partial charge on any atom is 0.241 e. The van der Waals surface area contributed by atoms with Gasteiger partial charge in [-0.1, -0.05) is 24.3 Å². The monoisotopic (exact) mass is 324 g/mol. The van der Waals surface area contributed by atoms with Gasteiger partial charge in [-0.05, 0) is 55.7 Å². The molecule has 0 saturated heterocycles. The highest BCUT2D eigenvalue weighted by atomic mass is 16.5. The van der Waals surface area contributed by atoms with E-state index in [9.17, 15) is 4.79 Å². The van der Waals surface area contributed by atoms with Crippen molar-refractivity contribution in [2.24, 2.45) is 0 Å². The zero-order valence-electron chi connectivity index (χ0n) is 14.3. The molecule has 0 fully saturated rings. The summed E-state index contributed by atoms with van der Waals surface area (Å²) in [5.41, 5.74) is 3.52. The molecule has 0 spiro atoms. The number of carbonyl (C=O) groups is 1.